The summed E-state index contributed by atoms with van der Waals surface area (Å²) < 4.78 is 47.5. The Kier molecular flexibility index (Phi) is 9.34. The molecule has 3 aromatic rings. The molecule has 1 heterocycles. The number of methoxy groups -OCH3 is 1. The van der Waals surface area contributed by atoms with Crippen molar-refractivity contribution in [2.45, 2.75) is 36.9 Å². The second kappa shape index (κ2) is 12.7. The number of hydrogen-bond acceptors (Lipinski definition) is 7. The van der Waals surface area contributed by atoms with Crippen LogP contribution in [-0.4, -0.2) is 30.6 Å². The van der Waals surface area contributed by atoms with Crippen molar-refractivity contribution >= 4 is 40.3 Å². The molecule has 37 heavy (non-hydrogen) atoms. The lowest BCUT2D eigenvalue weighted by molar-refractivity contribution is -0.0515. The molecule has 1 atom stereocenters. The topological polar surface area (TPSA) is 66.9 Å². The molecular formula is C26H23Cl2F2NO5S. The fourth-order valence-corrected chi connectivity index (χ4v) is 4.67. The highest BCUT2D eigenvalue weighted by Gasteiger charge is 2.26. The summed E-state index contributed by atoms with van der Waals surface area (Å²) in [7, 11) is 1.53. The standard InChI is InChI=1S/C26H23Cl2F2NO5S/c1-33-17-3-2-4-18(10-17)37-26(32)36-23(11-19-20(27)12-31-13-21(19)28)16-7-8-22(35-25(29)30)24(9-16)34-14-15-5-6-15/h2-4,7-10,12-13,15,23,25H,5-6,11,14H2,1H3/t23-/m0/s1. The summed E-state index contributed by atoms with van der Waals surface area (Å²) in [6.07, 6.45) is 4.16. The first-order valence-corrected chi connectivity index (χ1v) is 12.9. The van der Waals surface area contributed by atoms with Crippen LogP contribution in [0.3, 0.4) is 0 Å². The van der Waals surface area contributed by atoms with Crippen molar-refractivity contribution in [3.8, 4) is 17.2 Å². The molecule has 0 saturated heterocycles. The number of pyridine rings is 1. The van der Waals surface area contributed by atoms with E-state index >= 15 is 0 Å². The maximum Gasteiger partial charge on any atom is 0.387 e. The molecule has 0 amide bonds. The first-order chi connectivity index (χ1) is 17.8. The SMILES string of the molecule is COc1cccc(SC(=O)O[C@@H](Cc2c(Cl)cncc2Cl)c2ccc(OC(F)F)c(OCC3CC3)c2)c1. The number of carbonyl (C=O) groups is 1. The second-order valence-corrected chi connectivity index (χ2v) is 10.1. The molecule has 1 saturated carbocycles. The maximum absolute atomic E-state index is 13.0. The summed E-state index contributed by atoms with van der Waals surface area (Å²) in [6, 6.07) is 11.4. The van der Waals surface area contributed by atoms with E-state index in [4.69, 9.17) is 37.4 Å². The number of ether oxygens (including phenoxy) is 4. The number of aromatic nitrogens is 1. The van der Waals surface area contributed by atoms with E-state index < -0.39 is 18.0 Å². The van der Waals surface area contributed by atoms with Crippen molar-refractivity contribution in [1.82, 2.24) is 4.98 Å². The molecular weight excluding hydrogens is 547 g/mol. The Labute approximate surface area is 227 Å². The van der Waals surface area contributed by atoms with E-state index in [1.807, 2.05) is 0 Å². The summed E-state index contributed by atoms with van der Waals surface area (Å²) in [5, 5.41) is 0.0154. The van der Waals surface area contributed by atoms with Crippen LogP contribution < -0.4 is 14.2 Å². The number of nitrogens with zero attached hydrogens (tertiary/aromatic N) is 1. The van der Waals surface area contributed by atoms with E-state index in [9.17, 15) is 13.6 Å². The van der Waals surface area contributed by atoms with Gasteiger partial charge in [0.15, 0.2) is 11.5 Å². The molecule has 0 bridgehead atoms. The summed E-state index contributed by atoms with van der Waals surface area (Å²) in [6.45, 7) is -2.64. The van der Waals surface area contributed by atoms with Gasteiger partial charge < -0.3 is 18.9 Å². The minimum atomic E-state index is -3.02. The highest BCUT2D eigenvalue weighted by Crippen LogP contribution is 2.38. The van der Waals surface area contributed by atoms with E-state index in [0.29, 0.717) is 44.3 Å². The van der Waals surface area contributed by atoms with Crippen molar-refractivity contribution < 1.29 is 32.5 Å². The number of hydrogen-bond donors (Lipinski definition) is 0. The number of alkyl halides is 2. The number of carbonyl (C=O) groups excluding carboxylic acids is 1. The van der Waals surface area contributed by atoms with Crippen molar-refractivity contribution in [2.24, 2.45) is 5.92 Å². The van der Waals surface area contributed by atoms with Crippen LogP contribution in [0.25, 0.3) is 0 Å². The molecule has 11 heteroatoms. The Hall–Kier alpha value is -2.75. The fourth-order valence-electron chi connectivity index (χ4n) is 3.47. The van der Waals surface area contributed by atoms with Crippen LogP contribution in [0.5, 0.6) is 17.2 Å². The van der Waals surface area contributed by atoms with Gasteiger partial charge in [-0.15, -0.1) is 0 Å². The number of thioether (sulfide) groups is 1. The molecule has 0 radical (unpaired) electrons. The zero-order chi connectivity index (χ0) is 26.4. The highest BCUT2D eigenvalue weighted by molar-refractivity contribution is 8.13. The van der Waals surface area contributed by atoms with Crippen LogP contribution in [-0.2, 0) is 11.2 Å². The van der Waals surface area contributed by atoms with Crippen LogP contribution >= 0.6 is 35.0 Å². The quantitative estimate of drug-likeness (QED) is 0.171. The maximum atomic E-state index is 13.0. The van der Waals surface area contributed by atoms with Crippen molar-refractivity contribution in [2.75, 3.05) is 13.7 Å². The smallest absolute Gasteiger partial charge is 0.387 e. The third-order valence-corrected chi connectivity index (χ3v) is 6.95. The molecule has 0 N–H and O–H groups in total. The van der Waals surface area contributed by atoms with Crippen LogP contribution in [0, 0.1) is 5.92 Å². The Balaban J connectivity index is 1.62. The second-order valence-electron chi connectivity index (χ2n) is 8.26. The van der Waals surface area contributed by atoms with Gasteiger partial charge in [-0.1, -0.05) is 35.3 Å². The van der Waals surface area contributed by atoms with Gasteiger partial charge in [0.25, 0.3) is 0 Å². The fraction of sp³-hybridized carbons (Fsp3) is 0.308. The van der Waals surface area contributed by atoms with Gasteiger partial charge >= 0.3 is 11.9 Å². The predicted molar refractivity (Wildman–Crippen MR) is 137 cm³/mol. The van der Waals surface area contributed by atoms with Gasteiger partial charge in [-0.25, -0.2) is 4.79 Å². The monoisotopic (exact) mass is 569 g/mol. The minimum Gasteiger partial charge on any atom is -0.497 e. The first-order valence-electron chi connectivity index (χ1n) is 11.3. The molecule has 1 fully saturated rings. The van der Waals surface area contributed by atoms with Crippen molar-refractivity contribution in [3.63, 3.8) is 0 Å². The van der Waals surface area contributed by atoms with Gasteiger partial charge in [0.2, 0.25) is 0 Å². The molecule has 1 aliphatic carbocycles. The lowest BCUT2D eigenvalue weighted by atomic mass is 10.0. The van der Waals surface area contributed by atoms with Crippen molar-refractivity contribution in [3.05, 3.63) is 76.0 Å². The first kappa shape index (κ1) is 27.3. The van der Waals surface area contributed by atoms with Gasteiger partial charge in [0, 0.05) is 23.7 Å². The normalized spacial score (nSPS) is 13.8. The number of rotatable bonds is 11. The molecule has 196 valence electrons. The average Bonchev–Trinajstić information content (AvgIpc) is 3.69. The van der Waals surface area contributed by atoms with E-state index in [-0.39, 0.29) is 17.9 Å². The Morgan fingerprint density at radius 2 is 1.86 bits per heavy atom. The third-order valence-electron chi connectivity index (χ3n) is 5.55. The van der Waals surface area contributed by atoms with Gasteiger partial charge in [-0.2, -0.15) is 8.78 Å². The van der Waals surface area contributed by atoms with Crippen LogP contribution in [0.2, 0.25) is 10.0 Å². The molecule has 0 spiro atoms. The van der Waals surface area contributed by atoms with Crippen LogP contribution in [0.4, 0.5) is 13.6 Å². The van der Waals surface area contributed by atoms with Crippen LogP contribution in [0.1, 0.15) is 30.1 Å². The molecule has 0 unspecified atom stereocenters. The van der Waals surface area contributed by atoms with Gasteiger partial charge in [-0.3, -0.25) is 4.98 Å². The average molecular weight is 570 g/mol. The Morgan fingerprint density at radius 1 is 1.11 bits per heavy atom. The zero-order valence-electron chi connectivity index (χ0n) is 19.7. The summed E-state index contributed by atoms with van der Waals surface area (Å²) in [5.74, 6) is 1.01. The third kappa shape index (κ3) is 7.87. The molecule has 1 aromatic heterocycles. The van der Waals surface area contributed by atoms with E-state index in [0.717, 1.165) is 24.6 Å². The zero-order valence-corrected chi connectivity index (χ0v) is 22.0. The number of halogens is 4. The van der Waals surface area contributed by atoms with Gasteiger partial charge in [0.1, 0.15) is 11.9 Å². The van der Waals surface area contributed by atoms with E-state index in [1.54, 1.807) is 30.3 Å². The molecule has 1 aliphatic rings. The van der Waals surface area contributed by atoms with Gasteiger partial charge in [0.05, 0.1) is 23.8 Å². The number of benzene rings is 2. The van der Waals surface area contributed by atoms with E-state index in [2.05, 4.69) is 9.72 Å². The minimum absolute atomic E-state index is 0.102. The van der Waals surface area contributed by atoms with Crippen LogP contribution in [0.15, 0.2) is 59.8 Å². The molecule has 2 aromatic carbocycles. The molecule has 0 aliphatic heterocycles. The molecule has 6 nitrogen and oxygen atoms in total. The summed E-state index contributed by atoms with van der Waals surface area (Å²) in [5.41, 5.74) is 1.02. The van der Waals surface area contributed by atoms with Crippen molar-refractivity contribution in [1.29, 1.82) is 0 Å². The largest absolute Gasteiger partial charge is 0.497 e. The summed E-state index contributed by atoms with van der Waals surface area (Å²) >= 11 is 13.5. The van der Waals surface area contributed by atoms with E-state index in [1.165, 1.54) is 31.6 Å². The summed E-state index contributed by atoms with van der Waals surface area (Å²) in [4.78, 5) is 17.5. The predicted octanol–water partition coefficient (Wildman–Crippen LogP) is 8.00. The molecule has 4 rings (SSSR count). The van der Waals surface area contributed by atoms with Gasteiger partial charge in [-0.05, 0) is 72.0 Å². The Bertz CT molecular complexity index is 1230. The lowest BCUT2D eigenvalue weighted by Gasteiger charge is -2.21. The highest BCUT2D eigenvalue weighted by atomic mass is 35.5. The lowest BCUT2D eigenvalue weighted by Crippen LogP contribution is -2.13. The Morgan fingerprint density at radius 3 is 2.54 bits per heavy atom.